The van der Waals surface area contributed by atoms with Gasteiger partial charge in [-0.1, -0.05) is 0 Å². The van der Waals surface area contributed by atoms with Crippen LogP contribution >= 0.6 is 11.6 Å². The van der Waals surface area contributed by atoms with Crippen LogP contribution in [0.4, 0.5) is 4.79 Å². The van der Waals surface area contributed by atoms with Crippen molar-refractivity contribution in [2.45, 2.75) is 32.9 Å². The highest BCUT2D eigenvalue weighted by Gasteiger charge is 2.19. The molecule has 0 aliphatic carbocycles. The van der Waals surface area contributed by atoms with E-state index in [0.717, 1.165) is 0 Å². The van der Waals surface area contributed by atoms with Crippen molar-refractivity contribution in [2.24, 2.45) is 0 Å². The third-order valence-corrected chi connectivity index (χ3v) is 3.19. The zero-order chi connectivity index (χ0) is 17.9. The molecule has 0 aliphatic rings. The highest BCUT2D eigenvalue weighted by molar-refractivity contribution is 6.28. The Morgan fingerprint density at radius 2 is 2.08 bits per heavy atom. The van der Waals surface area contributed by atoms with Crippen LogP contribution in [0.2, 0.25) is 5.28 Å². The van der Waals surface area contributed by atoms with Gasteiger partial charge in [0.2, 0.25) is 5.28 Å². The molecule has 2 rings (SSSR count). The number of nitrogens with one attached hydrogen (secondary N) is 1. The molecular weight excluding hydrogens is 336 g/mol. The van der Waals surface area contributed by atoms with Gasteiger partial charge < -0.3 is 19.4 Å². The summed E-state index contributed by atoms with van der Waals surface area (Å²) in [5, 5.41) is 3.35. The van der Waals surface area contributed by atoms with Crippen LogP contribution in [-0.2, 0) is 16.0 Å². The van der Waals surface area contributed by atoms with E-state index in [1.165, 1.54) is 13.3 Å². The lowest BCUT2D eigenvalue weighted by Gasteiger charge is -2.19. The topological polar surface area (TPSA) is 95.3 Å². The second-order valence-corrected chi connectivity index (χ2v) is 6.36. The zero-order valence-electron chi connectivity index (χ0n) is 13.9. The van der Waals surface area contributed by atoms with Gasteiger partial charge in [0, 0.05) is 24.7 Å². The minimum absolute atomic E-state index is 0.0679. The minimum Gasteiger partial charge on any atom is -0.464 e. The molecule has 0 radical (unpaired) electrons. The van der Waals surface area contributed by atoms with Crippen LogP contribution < -0.4 is 5.32 Å². The molecule has 24 heavy (non-hydrogen) atoms. The summed E-state index contributed by atoms with van der Waals surface area (Å²) in [5.41, 5.74) is 0.207. The zero-order valence-corrected chi connectivity index (χ0v) is 14.7. The average molecular weight is 355 g/mol. The molecule has 0 bridgehead atoms. The maximum atomic E-state index is 11.9. The van der Waals surface area contributed by atoms with Gasteiger partial charge in [0.15, 0.2) is 0 Å². The number of halogens is 1. The fraction of sp³-hybridized carbons (Fsp3) is 0.467. The Balaban J connectivity index is 2.19. The number of fused-ring (bicyclic) bond motifs is 1. The van der Waals surface area contributed by atoms with Crippen LogP contribution in [0, 0.1) is 0 Å². The summed E-state index contributed by atoms with van der Waals surface area (Å²) in [5.74, 6) is -0.513. The molecule has 2 aromatic heterocycles. The smallest absolute Gasteiger partial charge is 0.407 e. The standard InChI is InChI=1S/C15H19ClN4O4/c1-15(2,3)24-14(22)17-5-6-20-10(12(21)23-4)7-9-8-18-13(16)19-11(9)20/h7-8H,5-6H2,1-4H3,(H,17,22). The molecule has 8 nitrogen and oxygen atoms in total. The number of nitrogens with zero attached hydrogens (tertiary/aromatic N) is 3. The molecule has 9 heteroatoms. The van der Waals surface area contributed by atoms with E-state index in [1.807, 2.05) is 0 Å². The Hall–Kier alpha value is -2.35. The van der Waals surface area contributed by atoms with Crippen molar-refractivity contribution >= 4 is 34.7 Å². The van der Waals surface area contributed by atoms with E-state index >= 15 is 0 Å². The predicted octanol–water partition coefficient (Wildman–Crippen LogP) is 2.40. The second-order valence-electron chi connectivity index (χ2n) is 6.02. The molecule has 0 saturated heterocycles. The van der Waals surface area contributed by atoms with Gasteiger partial charge in [-0.25, -0.2) is 14.6 Å². The summed E-state index contributed by atoms with van der Waals surface area (Å²) in [7, 11) is 1.29. The summed E-state index contributed by atoms with van der Waals surface area (Å²) in [6, 6.07) is 1.62. The highest BCUT2D eigenvalue weighted by atomic mass is 35.5. The first-order valence-electron chi connectivity index (χ1n) is 7.28. The molecule has 1 amide bonds. The summed E-state index contributed by atoms with van der Waals surface area (Å²) in [6.07, 6.45) is 0.987. The minimum atomic E-state index is -0.581. The van der Waals surface area contributed by atoms with Gasteiger partial charge in [-0.2, -0.15) is 4.98 Å². The molecule has 0 aliphatic heterocycles. The molecule has 2 heterocycles. The van der Waals surface area contributed by atoms with Gasteiger partial charge in [-0.05, 0) is 38.4 Å². The molecule has 0 unspecified atom stereocenters. The van der Waals surface area contributed by atoms with Crippen LogP contribution in [-0.4, -0.2) is 45.9 Å². The van der Waals surface area contributed by atoms with E-state index in [1.54, 1.807) is 31.4 Å². The number of carbonyl (C=O) groups is 2. The maximum Gasteiger partial charge on any atom is 0.407 e. The molecule has 0 saturated carbocycles. The van der Waals surface area contributed by atoms with Gasteiger partial charge in [-0.3, -0.25) is 0 Å². The number of alkyl carbamates (subject to hydrolysis) is 1. The van der Waals surface area contributed by atoms with Crippen molar-refractivity contribution in [3.05, 3.63) is 23.2 Å². The van der Waals surface area contributed by atoms with Crippen molar-refractivity contribution < 1.29 is 19.1 Å². The van der Waals surface area contributed by atoms with Gasteiger partial charge in [0.25, 0.3) is 0 Å². The second kappa shape index (κ2) is 7.04. The Kier molecular flexibility index (Phi) is 5.28. The fourth-order valence-corrected chi connectivity index (χ4v) is 2.23. The van der Waals surface area contributed by atoms with Gasteiger partial charge in [0.1, 0.15) is 16.9 Å². The summed E-state index contributed by atoms with van der Waals surface area (Å²) in [4.78, 5) is 31.7. The van der Waals surface area contributed by atoms with E-state index in [4.69, 9.17) is 21.1 Å². The van der Waals surface area contributed by atoms with Gasteiger partial charge in [-0.15, -0.1) is 0 Å². The lowest BCUT2D eigenvalue weighted by Crippen LogP contribution is -2.34. The number of esters is 1. The summed E-state index contributed by atoms with van der Waals surface area (Å²) in [6.45, 7) is 5.87. The maximum absolute atomic E-state index is 11.9. The summed E-state index contributed by atoms with van der Waals surface area (Å²) >= 11 is 5.83. The lowest BCUT2D eigenvalue weighted by molar-refractivity contribution is 0.0526. The summed E-state index contributed by atoms with van der Waals surface area (Å²) < 4.78 is 11.6. The highest BCUT2D eigenvalue weighted by Crippen LogP contribution is 2.19. The molecule has 0 atom stereocenters. The van der Waals surface area contributed by atoms with Crippen molar-refractivity contribution in [1.29, 1.82) is 0 Å². The van der Waals surface area contributed by atoms with Crippen LogP contribution in [0.25, 0.3) is 11.0 Å². The number of carbonyl (C=O) groups excluding carboxylic acids is 2. The Labute approximate surface area is 144 Å². The van der Waals surface area contributed by atoms with Crippen LogP contribution in [0.5, 0.6) is 0 Å². The normalized spacial score (nSPS) is 11.4. The third-order valence-electron chi connectivity index (χ3n) is 3.00. The first-order chi connectivity index (χ1) is 11.2. The lowest BCUT2D eigenvalue weighted by atomic mass is 10.2. The van der Waals surface area contributed by atoms with E-state index in [2.05, 4.69) is 15.3 Å². The van der Waals surface area contributed by atoms with E-state index in [-0.39, 0.29) is 11.8 Å². The largest absolute Gasteiger partial charge is 0.464 e. The van der Waals surface area contributed by atoms with Crippen molar-refractivity contribution in [1.82, 2.24) is 19.9 Å². The first kappa shape index (κ1) is 18.0. The van der Waals surface area contributed by atoms with Crippen molar-refractivity contribution in [3.63, 3.8) is 0 Å². The molecule has 0 aromatic carbocycles. The predicted molar refractivity (Wildman–Crippen MR) is 88.1 cm³/mol. The molecule has 0 spiro atoms. The first-order valence-corrected chi connectivity index (χ1v) is 7.66. The van der Waals surface area contributed by atoms with Gasteiger partial charge >= 0.3 is 12.1 Å². The fourth-order valence-electron chi connectivity index (χ4n) is 2.10. The molecular formula is C15H19ClN4O4. The van der Waals surface area contributed by atoms with Crippen LogP contribution in [0.1, 0.15) is 31.3 Å². The molecule has 2 aromatic rings. The Morgan fingerprint density at radius 1 is 1.38 bits per heavy atom. The third kappa shape index (κ3) is 4.35. The number of rotatable bonds is 4. The van der Waals surface area contributed by atoms with E-state index in [0.29, 0.717) is 23.3 Å². The monoisotopic (exact) mass is 354 g/mol. The number of ether oxygens (including phenoxy) is 2. The number of methoxy groups -OCH3 is 1. The molecule has 130 valence electrons. The van der Waals surface area contributed by atoms with Crippen LogP contribution in [0.3, 0.4) is 0 Å². The van der Waals surface area contributed by atoms with Crippen LogP contribution in [0.15, 0.2) is 12.3 Å². The van der Waals surface area contributed by atoms with Crippen molar-refractivity contribution in [3.8, 4) is 0 Å². The van der Waals surface area contributed by atoms with Gasteiger partial charge in [0.05, 0.1) is 7.11 Å². The Morgan fingerprint density at radius 3 is 2.71 bits per heavy atom. The molecule has 0 fully saturated rings. The SMILES string of the molecule is COC(=O)c1cc2cnc(Cl)nc2n1CCNC(=O)OC(C)(C)C. The van der Waals surface area contributed by atoms with E-state index < -0.39 is 17.7 Å². The van der Waals surface area contributed by atoms with Crippen molar-refractivity contribution in [2.75, 3.05) is 13.7 Å². The average Bonchev–Trinajstić information content (AvgIpc) is 2.83. The number of aromatic nitrogens is 3. The Bertz CT molecular complexity index is 767. The molecule has 1 N–H and O–H groups in total. The quantitative estimate of drug-likeness (QED) is 0.669. The number of hydrogen-bond donors (Lipinski definition) is 1. The number of hydrogen-bond acceptors (Lipinski definition) is 6. The van der Waals surface area contributed by atoms with E-state index in [9.17, 15) is 9.59 Å². The number of amides is 1.